The molecule has 1 aliphatic carbocycles. The Hall–Kier alpha value is -3.58. The summed E-state index contributed by atoms with van der Waals surface area (Å²) in [7, 11) is 0. The smallest absolute Gasteiger partial charge is 0.328 e. The molecule has 41 heavy (non-hydrogen) atoms. The monoisotopic (exact) mass is 556 g/mol. The molecule has 0 bridgehead atoms. The maximum Gasteiger partial charge on any atom is 0.328 e. The van der Waals surface area contributed by atoms with E-state index in [2.05, 4.69) is 46.5 Å². The van der Waals surface area contributed by atoms with Crippen LogP contribution < -0.4 is 11.1 Å². The lowest BCUT2D eigenvalue weighted by molar-refractivity contribution is -0.158. The van der Waals surface area contributed by atoms with Crippen molar-refractivity contribution in [1.82, 2.24) is 15.3 Å². The minimum atomic E-state index is -0.793. The normalized spacial score (nSPS) is 18.8. The molecule has 1 aliphatic rings. The third-order valence-corrected chi connectivity index (χ3v) is 7.91. The number of hydrogen-bond acceptors (Lipinski definition) is 6. The van der Waals surface area contributed by atoms with Gasteiger partial charge in [0.05, 0.1) is 6.04 Å². The van der Waals surface area contributed by atoms with E-state index in [0.29, 0.717) is 18.2 Å². The van der Waals surface area contributed by atoms with Gasteiger partial charge in [0.2, 0.25) is 5.91 Å². The summed E-state index contributed by atoms with van der Waals surface area (Å²) < 4.78 is 5.31. The zero-order valence-electron chi connectivity index (χ0n) is 25.0. The van der Waals surface area contributed by atoms with Crippen molar-refractivity contribution in [3.8, 4) is 22.5 Å². The van der Waals surface area contributed by atoms with Crippen LogP contribution in [0.4, 0.5) is 0 Å². The number of benzene rings is 2. The Kier molecular flexibility index (Phi) is 9.92. The Labute approximate surface area is 244 Å². The maximum atomic E-state index is 12.5. The molecule has 7 heteroatoms. The topological polar surface area (TPSA) is 107 Å². The molecule has 0 radical (unpaired) electrons. The van der Waals surface area contributed by atoms with Crippen LogP contribution in [0.3, 0.4) is 0 Å². The highest BCUT2D eigenvalue weighted by molar-refractivity contribution is 5.87. The van der Waals surface area contributed by atoms with E-state index >= 15 is 0 Å². The predicted octanol–water partition coefficient (Wildman–Crippen LogP) is 6.21. The van der Waals surface area contributed by atoms with Gasteiger partial charge in [0.1, 0.15) is 11.6 Å². The number of esters is 1. The quantitative estimate of drug-likeness (QED) is 0.304. The summed E-state index contributed by atoms with van der Waals surface area (Å²) in [5.74, 6) is 1.33. The van der Waals surface area contributed by atoms with Gasteiger partial charge in [0.15, 0.2) is 5.82 Å². The number of carbonyl (C=O) groups is 2. The van der Waals surface area contributed by atoms with E-state index < -0.39 is 29.6 Å². The molecule has 1 fully saturated rings. The van der Waals surface area contributed by atoms with E-state index in [1.807, 2.05) is 36.7 Å². The van der Waals surface area contributed by atoms with Gasteiger partial charge in [0, 0.05) is 23.5 Å². The standard InChI is InChI=1S/C34H44N4O3/c1-6-23-7-11-25(12-8-23)26-15-17-27(18-16-26)29-20-36-31(37-21-29)28-13-9-24(10-14-28)19-30(35)32(39)38-22(2)33(40)41-34(3,4)5/h9-10,13-18,20-23,25,30H,6-8,11-12,19,35H2,1-5H3,(H,38,39). The average Bonchev–Trinajstić information content (AvgIpc) is 2.97. The van der Waals surface area contributed by atoms with Crippen LogP contribution in [0.1, 0.15) is 83.8 Å². The number of carbonyl (C=O) groups excluding carboxylic acids is 2. The molecule has 7 nitrogen and oxygen atoms in total. The molecule has 0 aliphatic heterocycles. The Morgan fingerprint density at radius 1 is 0.927 bits per heavy atom. The van der Waals surface area contributed by atoms with Crippen molar-refractivity contribution in [2.45, 2.75) is 96.7 Å². The van der Waals surface area contributed by atoms with Crippen LogP contribution >= 0.6 is 0 Å². The first-order valence-corrected chi connectivity index (χ1v) is 14.8. The molecule has 3 N–H and O–H groups in total. The molecule has 0 spiro atoms. The lowest BCUT2D eigenvalue weighted by Crippen LogP contribution is -2.49. The number of amides is 1. The van der Waals surface area contributed by atoms with Gasteiger partial charge in [-0.05, 0) is 88.3 Å². The summed E-state index contributed by atoms with van der Waals surface area (Å²) in [6.07, 6.45) is 10.6. The van der Waals surface area contributed by atoms with Gasteiger partial charge in [0.25, 0.3) is 0 Å². The Bertz CT molecular complexity index is 1290. The molecule has 1 aromatic heterocycles. The molecular formula is C34H44N4O3. The van der Waals surface area contributed by atoms with Crippen LogP contribution in [0, 0.1) is 5.92 Å². The highest BCUT2D eigenvalue weighted by Gasteiger charge is 2.25. The molecule has 2 aromatic carbocycles. The maximum absolute atomic E-state index is 12.5. The van der Waals surface area contributed by atoms with Crippen molar-refractivity contribution in [2.24, 2.45) is 11.7 Å². The third-order valence-electron chi connectivity index (χ3n) is 7.91. The first-order chi connectivity index (χ1) is 19.5. The second kappa shape index (κ2) is 13.4. The summed E-state index contributed by atoms with van der Waals surface area (Å²) in [6, 6.07) is 15.0. The second-order valence-electron chi connectivity index (χ2n) is 12.3. The van der Waals surface area contributed by atoms with E-state index in [-0.39, 0.29) is 0 Å². The van der Waals surface area contributed by atoms with Crippen molar-refractivity contribution >= 4 is 11.9 Å². The number of rotatable bonds is 9. The molecule has 218 valence electrons. The van der Waals surface area contributed by atoms with Gasteiger partial charge in [-0.2, -0.15) is 0 Å². The molecule has 1 amide bonds. The fourth-order valence-corrected chi connectivity index (χ4v) is 5.38. The molecule has 4 rings (SSSR count). The van der Waals surface area contributed by atoms with Crippen LogP contribution in [0.15, 0.2) is 60.9 Å². The summed E-state index contributed by atoms with van der Waals surface area (Å²) in [6.45, 7) is 9.24. The number of nitrogens with two attached hydrogens (primary N) is 1. The van der Waals surface area contributed by atoms with Crippen LogP contribution in [0.2, 0.25) is 0 Å². The number of hydrogen-bond donors (Lipinski definition) is 2. The van der Waals surface area contributed by atoms with Crippen molar-refractivity contribution in [3.05, 3.63) is 72.1 Å². The SMILES string of the molecule is CCC1CCC(c2ccc(-c3cnc(-c4ccc(CC(N)C(=O)NC(C)C(=O)OC(C)(C)C)cc4)nc3)cc2)CC1. The third kappa shape index (κ3) is 8.46. The minimum Gasteiger partial charge on any atom is -0.458 e. The van der Waals surface area contributed by atoms with Crippen molar-refractivity contribution in [1.29, 1.82) is 0 Å². The zero-order valence-corrected chi connectivity index (χ0v) is 25.0. The molecule has 1 heterocycles. The number of ether oxygens (including phenoxy) is 1. The Balaban J connectivity index is 1.31. The van der Waals surface area contributed by atoms with Crippen LogP contribution in [-0.4, -0.2) is 39.5 Å². The molecule has 1 saturated carbocycles. The van der Waals surface area contributed by atoms with Gasteiger partial charge in [-0.25, -0.2) is 14.8 Å². The van der Waals surface area contributed by atoms with Crippen molar-refractivity contribution in [3.63, 3.8) is 0 Å². The fourth-order valence-electron chi connectivity index (χ4n) is 5.38. The lowest BCUT2D eigenvalue weighted by Gasteiger charge is -2.28. The second-order valence-corrected chi connectivity index (χ2v) is 12.3. The van der Waals surface area contributed by atoms with E-state index in [1.165, 1.54) is 37.7 Å². The van der Waals surface area contributed by atoms with Gasteiger partial charge in [-0.1, -0.05) is 61.9 Å². The zero-order chi connectivity index (χ0) is 29.6. The fraction of sp³-hybridized carbons (Fsp3) is 0.471. The number of nitrogens with one attached hydrogen (secondary N) is 1. The summed E-state index contributed by atoms with van der Waals surface area (Å²) in [5.41, 5.74) is 10.8. The van der Waals surface area contributed by atoms with Crippen LogP contribution in [0.5, 0.6) is 0 Å². The molecule has 2 atom stereocenters. The van der Waals surface area contributed by atoms with E-state index in [1.54, 1.807) is 27.7 Å². The average molecular weight is 557 g/mol. The molecule has 2 unspecified atom stereocenters. The minimum absolute atomic E-state index is 0.336. The number of nitrogens with zero attached hydrogens (tertiary/aromatic N) is 2. The predicted molar refractivity (Wildman–Crippen MR) is 163 cm³/mol. The first-order valence-electron chi connectivity index (χ1n) is 14.8. The molecule has 3 aromatic rings. The largest absolute Gasteiger partial charge is 0.458 e. The molecule has 0 saturated heterocycles. The van der Waals surface area contributed by atoms with Gasteiger partial charge in [-0.3, -0.25) is 4.79 Å². The summed E-state index contributed by atoms with van der Waals surface area (Å²) in [5, 5.41) is 2.64. The van der Waals surface area contributed by atoms with Crippen LogP contribution in [-0.2, 0) is 20.7 Å². The van der Waals surface area contributed by atoms with Gasteiger partial charge in [-0.15, -0.1) is 0 Å². The van der Waals surface area contributed by atoms with E-state index in [4.69, 9.17) is 10.5 Å². The Morgan fingerprint density at radius 3 is 2.07 bits per heavy atom. The molecular weight excluding hydrogens is 512 g/mol. The van der Waals surface area contributed by atoms with Gasteiger partial charge < -0.3 is 15.8 Å². The summed E-state index contributed by atoms with van der Waals surface area (Å²) in [4.78, 5) is 33.9. The van der Waals surface area contributed by atoms with E-state index in [0.717, 1.165) is 28.2 Å². The van der Waals surface area contributed by atoms with Gasteiger partial charge >= 0.3 is 5.97 Å². The first kappa shape index (κ1) is 30.4. The van der Waals surface area contributed by atoms with E-state index in [9.17, 15) is 9.59 Å². The van der Waals surface area contributed by atoms with Crippen LogP contribution in [0.25, 0.3) is 22.5 Å². The summed E-state index contributed by atoms with van der Waals surface area (Å²) >= 11 is 0. The number of aromatic nitrogens is 2. The highest BCUT2D eigenvalue weighted by Crippen LogP contribution is 2.37. The van der Waals surface area contributed by atoms with Crippen molar-refractivity contribution < 1.29 is 14.3 Å². The highest BCUT2D eigenvalue weighted by atomic mass is 16.6. The Morgan fingerprint density at radius 2 is 1.51 bits per heavy atom. The van der Waals surface area contributed by atoms with Crippen molar-refractivity contribution in [2.75, 3.05) is 0 Å². The lowest BCUT2D eigenvalue weighted by atomic mass is 9.78.